The summed E-state index contributed by atoms with van der Waals surface area (Å²) in [7, 11) is -3.74. The highest BCUT2D eigenvalue weighted by Crippen LogP contribution is 2.23. The molecule has 2 N–H and O–H groups in total. The van der Waals surface area contributed by atoms with Crippen molar-refractivity contribution in [2.75, 3.05) is 11.4 Å². The van der Waals surface area contributed by atoms with Crippen molar-refractivity contribution >= 4 is 33.3 Å². The van der Waals surface area contributed by atoms with E-state index in [1.165, 1.54) is 4.90 Å². The maximum atomic E-state index is 11.8. The van der Waals surface area contributed by atoms with E-state index in [-0.39, 0.29) is 24.2 Å². The van der Waals surface area contributed by atoms with E-state index >= 15 is 0 Å². The van der Waals surface area contributed by atoms with Gasteiger partial charge in [-0.3, -0.25) is 9.69 Å². The zero-order chi connectivity index (χ0) is 13.5. The van der Waals surface area contributed by atoms with Crippen LogP contribution in [0.25, 0.3) is 0 Å². The number of rotatable bonds is 2. The van der Waals surface area contributed by atoms with Crippen molar-refractivity contribution in [3.05, 3.63) is 17.0 Å². The monoisotopic (exact) mass is 290 g/mol. The van der Waals surface area contributed by atoms with E-state index < -0.39 is 15.3 Å². The van der Waals surface area contributed by atoms with Gasteiger partial charge in [-0.15, -0.1) is 0 Å². The molecule has 18 heavy (non-hydrogen) atoms. The minimum atomic E-state index is -3.74. The molecule has 0 saturated carbocycles. The van der Waals surface area contributed by atoms with Crippen molar-refractivity contribution in [2.45, 2.75) is 18.6 Å². The van der Waals surface area contributed by atoms with Gasteiger partial charge in [-0.1, -0.05) is 0 Å². The first-order valence-corrected chi connectivity index (χ1v) is 7.09. The molecule has 2 rings (SSSR count). The van der Waals surface area contributed by atoms with Crippen LogP contribution in [-0.4, -0.2) is 36.1 Å². The van der Waals surface area contributed by atoms with Gasteiger partial charge >= 0.3 is 0 Å². The lowest BCUT2D eigenvalue weighted by molar-refractivity contribution is -0.117. The van der Waals surface area contributed by atoms with Crippen molar-refractivity contribution in [3.8, 4) is 0 Å². The molecule has 1 aliphatic heterocycles. The summed E-state index contributed by atoms with van der Waals surface area (Å²) in [5.74, 6) is -0.0492. The van der Waals surface area contributed by atoms with Gasteiger partial charge in [-0.2, -0.15) is 0 Å². The van der Waals surface area contributed by atoms with Crippen molar-refractivity contribution in [1.29, 1.82) is 0 Å². The predicted octanol–water partition coefficient (Wildman–Crippen LogP) is -0.168. The molecular weight excluding hydrogens is 280 g/mol. The molecule has 0 spiro atoms. The van der Waals surface area contributed by atoms with Gasteiger partial charge < -0.3 is 0 Å². The molecule has 7 nitrogen and oxygen atoms in total. The summed E-state index contributed by atoms with van der Waals surface area (Å²) in [6, 6.07) is 1.56. The normalized spacial score (nSPS) is 20.5. The van der Waals surface area contributed by atoms with E-state index in [4.69, 9.17) is 16.7 Å². The van der Waals surface area contributed by atoms with Crippen LogP contribution in [0.5, 0.6) is 0 Å². The second-order valence-electron chi connectivity index (χ2n) is 4.06. The van der Waals surface area contributed by atoms with Crippen molar-refractivity contribution < 1.29 is 13.2 Å². The maximum Gasteiger partial charge on any atom is 0.229 e. The largest absolute Gasteiger partial charge is 0.295 e. The summed E-state index contributed by atoms with van der Waals surface area (Å²) in [5.41, 5.74) is 0.594. The van der Waals surface area contributed by atoms with Crippen molar-refractivity contribution in [2.24, 2.45) is 5.14 Å². The smallest absolute Gasteiger partial charge is 0.229 e. The van der Waals surface area contributed by atoms with E-state index in [1.807, 2.05) is 0 Å². The van der Waals surface area contributed by atoms with Crippen LogP contribution in [0.15, 0.2) is 6.07 Å². The molecule has 1 unspecified atom stereocenters. The molecule has 1 aromatic rings. The number of carbonyl (C=O) groups excluding carboxylic acids is 1. The fourth-order valence-electron chi connectivity index (χ4n) is 1.77. The number of hydrogen-bond acceptors (Lipinski definition) is 5. The van der Waals surface area contributed by atoms with Gasteiger partial charge in [0.25, 0.3) is 0 Å². The Balaban J connectivity index is 2.32. The van der Waals surface area contributed by atoms with Gasteiger partial charge in [-0.05, 0) is 18.5 Å². The highest BCUT2D eigenvalue weighted by Gasteiger charge is 2.37. The summed E-state index contributed by atoms with van der Waals surface area (Å²) in [5, 5.41) is 4.14. The zero-order valence-electron chi connectivity index (χ0n) is 9.50. The number of hydrogen-bond donors (Lipinski definition) is 1. The third-order valence-corrected chi connectivity index (χ3v) is 4.06. The molecule has 2 heterocycles. The number of sulfonamides is 1. The summed E-state index contributed by atoms with van der Waals surface area (Å²) in [4.78, 5) is 20.8. The summed E-state index contributed by atoms with van der Waals surface area (Å²) < 4.78 is 22.5. The van der Waals surface area contributed by atoms with Crippen LogP contribution >= 0.6 is 11.6 Å². The molecule has 0 aliphatic carbocycles. The van der Waals surface area contributed by atoms with E-state index in [0.717, 1.165) is 0 Å². The Morgan fingerprint density at radius 2 is 2.17 bits per heavy atom. The number of aryl methyl sites for hydroxylation is 1. The van der Waals surface area contributed by atoms with Crippen LogP contribution in [0.1, 0.15) is 12.1 Å². The summed E-state index contributed by atoms with van der Waals surface area (Å²) in [6.07, 6.45) is -0.139. The Morgan fingerprint density at radius 1 is 1.50 bits per heavy atom. The third kappa shape index (κ3) is 2.60. The molecule has 9 heteroatoms. The molecule has 1 atom stereocenters. The Morgan fingerprint density at radius 3 is 2.67 bits per heavy atom. The number of anilines is 1. The van der Waals surface area contributed by atoms with Crippen LogP contribution in [0, 0.1) is 6.92 Å². The maximum absolute atomic E-state index is 11.8. The minimum Gasteiger partial charge on any atom is -0.295 e. The molecule has 1 aromatic heterocycles. The zero-order valence-corrected chi connectivity index (χ0v) is 11.1. The lowest BCUT2D eigenvalue weighted by atomic mass is 10.4. The Bertz CT molecular complexity index is 584. The average molecular weight is 291 g/mol. The molecule has 98 valence electrons. The Hall–Kier alpha value is -1.25. The highest BCUT2D eigenvalue weighted by atomic mass is 35.5. The van der Waals surface area contributed by atoms with E-state index in [2.05, 4.69) is 9.97 Å². The van der Waals surface area contributed by atoms with E-state index in [0.29, 0.717) is 11.5 Å². The number of aromatic nitrogens is 2. The first-order chi connectivity index (χ1) is 8.27. The molecule has 1 saturated heterocycles. The van der Waals surface area contributed by atoms with Gasteiger partial charge in [0.15, 0.2) is 0 Å². The van der Waals surface area contributed by atoms with Crippen molar-refractivity contribution in [1.82, 2.24) is 9.97 Å². The number of amides is 1. The SMILES string of the molecule is Cc1cc(N2CC(S(N)(=O)=O)CC2=O)nc(Cl)n1. The third-order valence-electron chi connectivity index (χ3n) is 2.64. The molecule has 1 aliphatic rings. The second-order valence-corrected chi connectivity index (χ2v) is 6.24. The summed E-state index contributed by atoms with van der Waals surface area (Å²) in [6.45, 7) is 1.69. The summed E-state index contributed by atoms with van der Waals surface area (Å²) >= 11 is 5.70. The van der Waals surface area contributed by atoms with Gasteiger partial charge in [0.2, 0.25) is 21.2 Å². The van der Waals surface area contributed by atoms with Crippen LogP contribution in [-0.2, 0) is 14.8 Å². The topological polar surface area (TPSA) is 106 Å². The molecule has 0 aromatic carbocycles. The van der Waals surface area contributed by atoms with Crippen LogP contribution in [0.4, 0.5) is 5.82 Å². The van der Waals surface area contributed by atoms with Gasteiger partial charge in [0.1, 0.15) is 11.1 Å². The van der Waals surface area contributed by atoms with Crippen LogP contribution in [0.3, 0.4) is 0 Å². The number of nitrogens with zero attached hydrogens (tertiary/aromatic N) is 3. The Labute approximate surface area is 109 Å². The highest BCUT2D eigenvalue weighted by molar-refractivity contribution is 7.89. The molecule has 0 radical (unpaired) electrons. The Kier molecular flexibility index (Phi) is 3.26. The fourth-order valence-corrected chi connectivity index (χ4v) is 2.72. The molecule has 1 fully saturated rings. The number of nitrogens with two attached hydrogens (primary N) is 1. The number of halogens is 1. The van der Waals surface area contributed by atoms with Gasteiger partial charge in [0, 0.05) is 24.7 Å². The van der Waals surface area contributed by atoms with Gasteiger partial charge in [0.05, 0.1) is 0 Å². The molecule has 1 amide bonds. The predicted molar refractivity (Wildman–Crippen MR) is 65.6 cm³/mol. The quantitative estimate of drug-likeness (QED) is 0.761. The van der Waals surface area contributed by atoms with E-state index in [9.17, 15) is 13.2 Å². The molecular formula is C9H11ClN4O3S. The first kappa shape index (κ1) is 13.2. The van der Waals surface area contributed by atoms with Crippen LogP contribution < -0.4 is 10.0 Å². The van der Waals surface area contributed by atoms with E-state index in [1.54, 1.807) is 13.0 Å². The standard InChI is InChI=1S/C9H11ClN4O3S/c1-5-2-7(13-9(10)12-5)14-4-6(3-8(14)15)18(11,16)17/h2,6H,3-4H2,1H3,(H2,11,16,17). The number of carbonyl (C=O) groups is 1. The minimum absolute atomic E-state index is 0.00948. The molecule has 0 bridgehead atoms. The fraction of sp³-hybridized carbons (Fsp3) is 0.444. The average Bonchev–Trinajstić information content (AvgIpc) is 2.58. The van der Waals surface area contributed by atoms with Gasteiger partial charge in [-0.25, -0.2) is 23.5 Å². The van der Waals surface area contributed by atoms with Crippen molar-refractivity contribution in [3.63, 3.8) is 0 Å². The number of primary sulfonamides is 1. The lowest BCUT2D eigenvalue weighted by Gasteiger charge is -2.15. The second kappa shape index (κ2) is 4.45. The first-order valence-electron chi connectivity index (χ1n) is 5.10. The lowest BCUT2D eigenvalue weighted by Crippen LogP contribution is -2.32. The van der Waals surface area contributed by atoms with Crippen LogP contribution in [0.2, 0.25) is 5.28 Å².